The molecule has 19 heavy (non-hydrogen) atoms. The van der Waals surface area contributed by atoms with Gasteiger partial charge in [-0.1, -0.05) is 22.9 Å². The molecule has 0 aliphatic heterocycles. The molecule has 2 atom stereocenters. The quantitative estimate of drug-likeness (QED) is 0.498. The van der Waals surface area contributed by atoms with E-state index in [-0.39, 0.29) is 11.4 Å². The van der Waals surface area contributed by atoms with Gasteiger partial charge in [-0.3, -0.25) is 10.1 Å². The van der Waals surface area contributed by atoms with E-state index in [1.165, 1.54) is 38.1 Å². The highest BCUT2D eigenvalue weighted by Gasteiger charge is 2.42. The van der Waals surface area contributed by atoms with Crippen molar-refractivity contribution in [1.29, 1.82) is 0 Å². The normalized spacial score (nSPS) is 16.6. The Morgan fingerprint density at radius 3 is 2.26 bits per heavy atom. The van der Waals surface area contributed by atoms with Crippen molar-refractivity contribution in [2.24, 2.45) is 0 Å². The van der Waals surface area contributed by atoms with Crippen LogP contribution in [-0.4, -0.2) is 27.9 Å². The number of rotatable bonds is 5. The largest absolute Gasteiger partial charge is 0.386 e. The van der Waals surface area contributed by atoms with Gasteiger partial charge < -0.3 is 5.11 Å². The summed E-state index contributed by atoms with van der Waals surface area (Å²) in [6.45, 7) is 2.84. The Hall–Kier alpha value is -0.990. The first kappa shape index (κ1) is 16.1. The van der Waals surface area contributed by atoms with Crippen molar-refractivity contribution in [1.82, 2.24) is 0 Å². The summed E-state index contributed by atoms with van der Waals surface area (Å²) in [4.78, 5) is 9.96. The first-order valence-electron chi connectivity index (χ1n) is 5.47. The first-order valence-corrected chi connectivity index (χ1v) is 7.91. The second-order valence-electron chi connectivity index (χ2n) is 4.14. The van der Waals surface area contributed by atoms with E-state index in [2.05, 4.69) is 15.9 Å². The number of sulfone groups is 1. The van der Waals surface area contributed by atoms with Crippen molar-refractivity contribution in [2.75, 3.05) is 5.75 Å². The van der Waals surface area contributed by atoms with Crippen molar-refractivity contribution in [3.05, 3.63) is 39.9 Å². The lowest BCUT2D eigenvalue weighted by molar-refractivity contribution is -0.384. The molecule has 0 fully saturated rings. The van der Waals surface area contributed by atoms with Crippen LogP contribution in [-0.2, 0) is 9.84 Å². The Kier molecular flexibility index (Phi) is 4.70. The van der Waals surface area contributed by atoms with Crippen LogP contribution >= 0.6 is 15.9 Å². The fraction of sp³-hybridized carbons (Fsp3) is 0.455. The number of nitrogens with zero attached hydrogens (tertiary/aromatic N) is 1. The standard InChI is InChI=1S/C11H14BrNO5S/c1-3-19(17,18)11(2,12)10(14)8-4-6-9(7-5-8)13(15)16/h4-7,10,14H,3H2,1-2H3/t10-,11-/m0/s1. The summed E-state index contributed by atoms with van der Waals surface area (Å²) in [7, 11) is -3.54. The van der Waals surface area contributed by atoms with E-state index in [4.69, 9.17) is 0 Å². The number of benzene rings is 1. The zero-order valence-corrected chi connectivity index (χ0v) is 12.8. The minimum Gasteiger partial charge on any atom is -0.386 e. The Morgan fingerprint density at radius 1 is 1.42 bits per heavy atom. The number of hydrogen-bond acceptors (Lipinski definition) is 5. The fourth-order valence-corrected chi connectivity index (χ4v) is 3.52. The number of aliphatic hydroxyl groups is 1. The molecule has 0 heterocycles. The Balaban J connectivity index is 3.13. The van der Waals surface area contributed by atoms with Crippen molar-refractivity contribution in [2.45, 2.75) is 23.6 Å². The van der Waals surface area contributed by atoms with Crippen LogP contribution in [0.5, 0.6) is 0 Å². The van der Waals surface area contributed by atoms with Crippen LogP contribution in [0.2, 0.25) is 0 Å². The number of nitro groups is 1. The maximum Gasteiger partial charge on any atom is 0.269 e. The summed E-state index contributed by atoms with van der Waals surface area (Å²) in [6.07, 6.45) is -1.32. The third kappa shape index (κ3) is 3.13. The molecule has 106 valence electrons. The molecule has 1 aromatic rings. The minimum absolute atomic E-state index is 0.120. The topological polar surface area (TPSA) is 97.5 Å². The van der Waals surface area contributed by atoms with Crippen LogP contribution in [0.15, 0.2) is 24.3 Å². The number of nitro benzene ring substituents is 1. The van der Waals surface area contributed by atoms with Crippen LogP contribution in [0.3, 0.4) is 0 Å². The maximum absolute atomic E-state index is 11.9. The van der Waals surface area contributed by atoms with Crippen molar-refractivity contribution in [3.63, 3.8) is 0 Å². The number of non-ortho nitro benzene ring substituents is 1. The molecule has 1 rings (SSSR count). The molecule has 0 aliphatic carbocycles. The third-order valence-corrected chi connectivity index (χ3v) is 7.01. The molecule has 0 saturated carbocycles. The lowest BCUT2D eigenvalue weighted by Gasteiger charge is -2.28. The van der Waals surface area contributed by atoms with Crippen LogP contribution in [0.1, 0.15) is 25.5 Å². The summed E-state index contributed by atoms with van der Waals surface area (Å²) in [5.41, 5.74) is 0.174. The number of halogens is 1. The minimum atomic E-state index is -3.54. The highest BCUT2D eigenvalue weighted by molar-refractivity contribution is 9.11. The summed E-state index contributed by atoms with van der Waals surface area (Å²) < 4.78 is 22.3. The monoisotopic (exact) mass is 351 g/mol. The molecule has 0 amide bonds. The van der Waals surface area contributed by atoms with Gasteiger partial charge in [-0.2, -0.15) is 0 Å². The second kappa shape index (κ2) is 5.56. The Bertz CT molecular complexity index is 567. The first-order chi connectivity index (χ1) is 8.63. The third-order valence-electron chi connectivity index (χ3n) is 2.90. The molecule has 6 nitrogen and oxygen atoms in total. The van der Waals surface area contributed by atoms with Crippen LogP contribution in [0.25, 0.3) is 0 Å². The lowest BCUT2D eigenvalue weighted by atomic mass is 10.1. The second-order valence-corrected chi connectivity index (χ2v) is 8.97. The van der Waals surface area contributed by atoms with E-state index in [0.29, 0.717) is 5.56 Å². The van der Waals surface area contributed by atoms with Gasteiger partial charge >= 0.3 is 0 Å². The molecule has 0 spiro atoms. The highest BCUT2D eigenvalue weighted by Crippen LogP contribution is 2.39. The molecule has 0 saturated heterocycles. The molecule has 1 aromatic carbocycles. The van der Waals surface area contributed by atoms with E-state index in [1.54, 1.807) is 0 Å². The zero-order chi connectivity index (χ0) is 14.8. The van der Waals surface area contributed by atoms with Crippen LogP contribution in [0, 0.1) is 10.1 Å². The van der Waals surface area contributed by atoms with Crippen molar-refractivity contribution < 1.29 is 18.4 Å². The molecule has 0 aromatic heterocycles. The van der Waals surface area contributed by atoms with Gasteiger partial charge in [-0.25, -0.2) is 8.42 Å². The Labute approximate surface area is 119 Å². The summed E-state index contributed by atoms with van der Waals surface area (Å²) in [5, 5.41) is 20.7. The van der Waals surface area contributed by atoms with E-state index >= 15 is 0 Å². The van der Waals surface area contributed by atoms with Gasteiger partial charge in [0, 0.05) is 17.9 Å². The lowest BCUT2D eigenvalue weighted by Crippen LogP contribution is -2.36. The molecule has 0 aliphatic rings. The zero-order valence-electron chi connectivity index (χ0n) is 10.4. The fourth-order valence-electron chi connectivity index (χ4n) is 1.53. The van der Waals surface area contributed by atoms with Gasteiger partial charge in [-0.05, 0) is 24.6 Å². The molecule has 0 unspecified atom stereocenters. The summed E-state index contributed by atoms with van der Waals surface area (Å²) in [6, 6.07) is 5.13. The van der Waals surface area contributed by atoms with E-state index < -0.39 is 24.5 Å². The molecule has 0 bridgehead atoms. The smallest absolute Gasteiger partial charge is 0.269 e. The average molecular weight is 352 g/mol. The van der Waals surface area contributed by atoms with Gasteiger partial charge in [0.05, 0.1) is 4.92 Å². The van der Waals surface area contributed by atoms with Gasteiger partial charge in [-0.15, -0.1) is 0 Å². The molecule has 8 heteroatoms. The van der Waals surface area contributed by atoms with Gasteiger partial charge in [0.1, 0.15) is 6.10 Å². The molecular weight excluding hydrogens is 338 g/mol. The predicted octanol–water partition coefficient (Wildman–Crippen LogP) is 2.17. The van der Waals surface area contributed by atoms with Crippen molar-refractivity contribution >= 4 is 31.5 Å². The molecule has 1 N–H and O–H groups in total. The van der Waals surface area contributed by atoms with E-state index in [1.807, 2.05) is 0 Å². The number of alkyl halides is 1. The highest BCUT2D eigenvalue weighted by atomic mass is 79.9. The maximum atomic E-state index is 11.9. The van der Waals surface area contributed by atoms with Crippen LogP contribution in [0.4, 0.5) is 5.69 Å². The van der Waals surface area contributed by atoms with Gasteiger partial charge in [0.25, 0.3) is 5.69 Å². The Morgan fingerprint density at radius 2 is 1.89 bits per heavy atom. The molecule has 0 radical (unpaired) electrons. The summed E-state index contributed by atoms with van der Waals surface area (Å²) >= 11 is 3.04. The number of aliphatic hydroxyl groups excluding tert-OH is 1. The van der Waals surface area contributed by atoms with E-state index in [9.17, 15) is 23.6 Å². The van der Waals surface area contributed by atoms with Gasteiger partial charge in [0.2, 0.25) is 0 Å². The average Bonchev–Trinajstić information content (AvgIpc) is 2.37. The SMILES string of the molecule is CCS(=O)(=O)[C@](C)(Br)[C@@H](O)c1ccc([N+](=O)[O-])cc1. The predicted molar refractivity (Wildman–Crippen MR) is 74.8 cm³/mol. The van der Waals surface area contributed by atoms with Crippen molar-refractivity contribution in [3.8, 4) is 0 Å². The van der Waals surface area contributed by atoms with Crippen LogP contribution < -0.4 is 0 Å². The molecular formula is C11H14BrNO5S. The summed E-state index contributed by atoms with van der Waals surface area (Å²) in [5.74, 6) is -0.126. The number of hydrogen-bond donors (Lipinski definition) is 1. The van der Waals surface area contributed by atoms with E-state index in [0.717, 1.165) is 0 Å². The van der Waals surface area contributed by atoms with Gasteiger partial charge in [0.15, 0.2) is 13.5 Å².